The summed E-state index contributed by atoms with van der Waals surface area (Å²) in [6, 6.07) is 11.8. The van der Waals surface area contributed by atoms with Gasteiger partial charge in [0.1, 0.15) is 0 Å². The Morgan fingerprint density at radius 1 is 1.21 bits per heavy atom. The minimum atomic E-state index is -0.513. The predicted octanol–water partition coefficient (Wildman–Crippen LogP) is 4.09. The van der Waals surface area contributed by atoms with Gasteiger partial charge in [-0.3, -0.25) is 0 Å². The number of thiophene rings is 1. The van der Waals surface area contributed by atoms with Gasteiger partial charge < -0.3 is 10.4 Å². The molecule has 0 aliphatic rings. The van der Waals surface area contributed by atoms with Gasteiger partial charge >= 0.3 is 0 Å². The van der Waals surface area contributed by atoms with Gasteiger partial charge in [0.25, 0.3) is 0 Å². The van der Waals surface area contributed by atoms with Gasteiger partial charge in [0.15, 0.2) is 0 Å². The van der Waals surface area contributed by atoms with E-state index in [1.807, 2.05) is 12.1 Å². The highest BCUT2D eigenvalue weighted by Gasteiger charge is 2.11. The molecule has 0 amide bonds. The van der Waals surface area contributed by atoms with E-state index in [1.54, 1.807) is 23.5 Å². The van der Waals surface area contributed by atoms with Crippen molar-refractivity contribution in [3.63, 3.8) is 0 Å². The van der Waals surface area contributed by atoms with Gasteiger partial charge in [-0.15, -0.1) is 11.3 Å². The summed E-state index contributed by atoms with van der Waals surface area (Å²) in [6.45, 7) is 4.74. The second-order valence-corrected chi connectivity index (χ2v) is 6.40. The van der Waals surface area contributed by atoms with Gasteiger partial charge in [0.05, 0.1) is 6.10 Å². The average molecular weight is 296 g/mol. The van der Waals surface area contributed by atoms with E-state index in [0.29, 0.717) is 11.6 Å². The second-order valence-electron chi connectivity index (χ2n) is 4.65. The van der Waals surface area contributed by atoms with Crippen LogP contribution in [0.1, 0.15) is 34.4 Å². The second kappa shape index (κ2) is 6.53. The van der Waals surface area contributed by atoms with Crippen molar-refractivity contribution < 1.29 is 5.11 Å². The van der Waals surface area contributed by atoms with E-state index in [0.717, 1.165) is 5.56 Å². The number of halogens is 1. The van der Waals surface area contributed by atoms with E-state index in [1.165, 1.54) is 9.75 Å². The minimum Gasteiger partial charge on any atom is -0.387 e. The Labute approximate surface area is 123 Å². The van der Waals surface area contributed by atoms with E-state index in [9.17, 15) is 5.11 Å². The Balaban J connectivity index is 1.89. The highest BCUT2D eigenvalue weighted by molar-refractivity contribution is 7.12. The zero-order valence-electron chi connectivity index (χ0n) is 11.1. The molecule has 0 aliphatic carbocycles. The molecular formula is C15H18ClNOS. The summed E-state index contributed by atoms with van der Waals surface area (Å²) in [7, 11) is 0. The molecule has 2 nitrogen and oxygen atoms in total. The van der Waals surface area contributed by atoms with Crippen LogP contribution in [0.15, 0.2) is 36.4 Å². The van der Waals surface area contributed by atoms with Crippen molar-refractivity contribution in [3.8, 4) is 0 Å². The van der Waals surface area contributed by atoms with Crippen LogP contribution in [-0.4, -0.2) is 11.7 Å². The molecule has 0 saturated heterocycles. The summed E-state index contributed by atoms with van der Waals surface area (Å²) < 4.78 is 0. The molecule has 1 aromatic carbocycles. The maximum absolute atomic E-state index is 10.1. The van der Waals surface area contributed by atoms with Crippen molar-refractivity contribution in [1.29, 1.82) is 0 Å². The first kappa shape index (κ1) is 14.5. The van der Waals surface area contributed by atoms with Crippen LogP contribution in [0.3, 0.4) is 0 Å². The van der Waals surface area contributed by atoms with Gasteiger partial charge in [-0.05, 0) is 43.7 Å². The van der Waals surface area contributed by atoms with E-state index in [-0.39, 0.29) is 6.04 Å². The molecule has 0 radical (unpaired) electrons. The lowest BCUT2D eigenvalue weighted by molar-refractivity contribution is 0.171. The number of aryl methyl sites for hydroxylation is 1. The fraction of sp³-hybridized carbons (Fsp3) is 0.333. The molecule has 1 heterocycles. The van der Waals surface area contributed by atoms with Crippen molar-refractivity contribution >= 4 is 22.9 Å². The summed E-state index contributed by atoms with van der Waals surface area (Å²) in [5.74, 6) is 0. The zero-order chi connectivity index (χ0) is 13.8. The summed E-state index contributed by atoms with van der Waals surface area (Å²) in [5.41, 5.74) is 0.881. The Hall–Kier alpha value is -0.870. The third-order valence-electron chi connectivity index (χ3n) is 3.06. The smallest absolute Gasteiger partial charge is 0.0914 e. The quantitative estimate of drug-likeness (QED) is 0.870. The van der Waals surface area contributed by atoms with E-state index < -0.39 is 6.10 Å². The molecule has 2 N–H and O–H groups in total. The molecule has 0 spiro atoms. The average Bonchev–Trinajstić information content (AvgIpc) is 2.83. The van der Waals surface area contributed by atoms with Gasteiger partial charge in [-0.25, -0.2) is 0 Å². The fourth-order valence-corrected chi connectivity index (χ4v) is 2.91. The predicted molar refractivity (Wildman–Crippen MR) is 81.9 cm³/mol. The van der Waals surface area contributed by atoms with Crippen LogP contribution in [0, 0.1) is 6.92 Å². The van der Waals surface area contributed by atoms with Crippen LogP contribution in [0.4, 0.5) is 0 Å². The van der Waals surface area contributed by atoms with Gasteiger partial charge in [-0.1, -0.05) is 23.7 Å². The lowest BCUT2D eigenvalue weighted by Gasteiger charge is -2.16. The van der Waals surface area contributed by atoms with Gasteiger partial charge in [0.2, 0.25) is 0 Å². The normalized spacial score (nSPS) is 14.3. The van der Waals surface area contributed by atoms with Gasteiger partial charge in [0, 0.05) is 27.4 Å². The number of benzene rings is 1. The molecule has 2 aromatic rings. The number of aliphatic hydroxyl groups is 1. The SMILES string of the molecule is Cc1ccc(C(C)NCC(O)c2ccc(Cl)cc2)s1. The summed E-state index contributed by atoms with van der Waals surface area (Å²) >= 11 is 7.61. The summed E-state index contributed by atoms with van der Waals surface area (Å²) in [5, 5.41) is 14.1. The van der Waals surface area contributed by atoms with Crippen LogP contribution in [0.25, 0.3) is 0 Å². The molecule has 0 aliphatic heterocycles. The van der Waals surface area contributed by atoms with Crippen LogP contribution in [0.2, 0.25) is 5.02 Å². The van der Waals surface area contributed by atoms with Gasteiger partial charge in [-0.2, -0.15) is 0 Å². The highest BCUT2D eigenvalue weighted by atomic mass is 35.5. The number of rotatable bonds is 5. The molecule has 2 atom stereocenters. The number of aliphatic hydroxyl groups excluding tert-OH is 1. The summed E-state index contributed by atoms with van der Waals surface area (Å²) in [6.07, 6.45) is -0.513. The molecule has 2 rings (SSSR count). The van der Waals surface area contributed by atoms with Crippen molar-refractivity contribution in [2.45, 2.75) is 26.0 Å². The van der Waals surface area contributed by atoms with E-state index in [4.69, 9.17) is 11.6 Å². The summed E-state index contributed by atoms with van der Waals surface area (Å²) in [4.78, 5) is 2.60. The third-order valence-corrected chi connectivity index (χ3v) is 4.50. The maximum Gasteiger partial charge on any atom is 0.0914 e. The Bertz CT molecular complexity index is 523. The third kappa shape index (κ3) is 4.05. The number of hydrogen-bond acceptors (Lipinski definition) is 3. The first-order valence-electron chi connectivity index (χ1n) is 6.29. The van der Waals surface area contributed by atoms with E-state index in [2.05, 4.69) is 31.3 Å². The molecule has 2 unspecified atom stereocenters. The number of hydrogen-bond donors (Lipinski definition) is 2. The van der Waals surface area contributed by atoms with Crippen LogP contribution < -0.4 is 5.32 Å². The zero-order valence-corrected chi connectivity index (χ0v) is 12.6. The Morgan fingerprint density at radius 2 is 1.89 bits per heavy atom. The molecule has 4 heteroatoms. The largest absolute Gasteiger partial charge is 0.387 e. The standard InChI is InChI=1S/C15H18ClNOS/c1-10-3-8-15(19-10)11(2)17-9-14(18)12-4-6-13(16)7-5-12/h3-8,11,14,17-18H,9H2,1-2H3. The molecule has 0 saturated carbocycles. The highest BCUT2D eigenvalue weighted by Crippen LogP contribution is 2.23. The van der Waals surface area contributed by atoms with Crippen LogP contribution in [-0.2, 0) is 0 Å². The first-order chi connectivity index (χ1) is 9.06. The topological polar surface area (TPSA) is 32.3 Å². The van der Waals surface area contributed by atoms with Crippen LogP contribution in [0.5, 0.6) is 0 Å². The molecule has 102 valence electrons. The maximum atomic E-state index is 10.1. The van der Waals surface area contributed by atoms with Crippen molar-refractivity contribution in [1.82, 2.24) is 5.32 Å². The van der Waals surface area contributed by atoms with Crippen LogP contribution >= 0.6 is 22.9 Å². The lowest BCUT2D eigenvalue weighted by Crippen LogP contribution is -2.24. The Kier molecular flexibility index (Phi) is 4.99. The molecule has 0 bridgehead atoms. The molecule has 1 aromatic heterocycles. The molecule has 19 heavy (non-hydrogen) atoms. The monoisotopic (exact) mass is 295 g/mol. The van der Waals surface area contributed by atoms with Crippen molar-refractivity contribution in [2.24, 2.45) is 0 Å². The number of nitrogens with one attached hydrogen (secondary N) is 1. The van der Waals surface area contributed by atoms with E-state index >= 15 is 0 Å². The van der Waals surface area contributed by atoms with Crippen molar-refractivity contribution in [2.75, 3.05) is 6.54 Å². The molecule has 0 fully saturated rings. The fourth-order valence-electron chi connectivity index (χ4n) is 1.88. The Morgan fingerprint density at radius 3 is 2.47 bits per heavy atom. The first-order valence-corrected chi connectivity index (χ1v) is 7.49. The minimum absolute atomic E-state index is 0.251. The molecular weight excluding hydrogens is 278 g/mol. The van der Waals surface area contributed by atoms with Crippen molar-refractivity contribution in [3.05, 3.63) is 56.7 Å². The lowest BCUT2D eigenvalue weighted by atomic mass is 10.1.